The molecule has 3 aromatic rings. The Kier molecular flexibility index (Phi) is 6.60. The molecule has 1 aromatic heterocycles. The molecule has 2 aromatic carbocycles. The summed E-state index contributed by atoms with van der Waals surface area (Å²) in [7, 11) is 3.34. The summed E-state index contributed by atoms with van der Waals surface area (Å²) in [5, 5.41) is 8.49. The summed E-state index contributed by atoms with van der Waals surface area (Å²) in [4.78, 5) is 14.6. The van der Waals surface area contributed by atoms with Gasteiger partial charge in [-0.2, -0.15) is 5.10 Å². The summed E-state index contributed by atoms with van der Waals surface area (Å²) >= 11 is 17.5. The third kappa shape index (κ3) is 4.68. The Bertz CT molecular complexity index is 1290. The van der Waals surface area contributed by atoms with Crippen LogP contribution in [0.3, 0.4) is 0 Å². The van der Waals surface area contributed by atoms with Gasteiger partial charge in [0.15, 0.2) is 16.6 Å². The van der Waals surface area contributed by atoms with Gasteiger partial charge in [-0.15, -0.1) is 0 Å². The average molecular weight is 503 g/mol. The molecule has 0 unspecified atom stereocenters. The van der Waals surface area contributed by atoms with Crippen LogP contribution in [0.4, 0.5) is 5.69 Å². The van der Waals surface area contributed by atoms with Gasteiger partial charge in [0.05, 0.1) is 28.5 Å². The lowest BCUT2D eigenvalue weighted by molar-refractivity contribution is -0.113. The Hall–Kier alpha value is -3.07. The van der Waals surface area contributed by atoms with Crippen molar-refractivity contribution in [3.63, 3.8) is 0 Å². The van der Waals surface area contributed by atoms with E-state index in [9.17, 15) is 4.79 Å². The first-order chi connectivity index (χ1) is 15.8. The van der Waals surface area contributed by atoms with Gasteiger partial charge in [-0.3, -0.25) is 9.48 Å². The number of aryl methyl sites for hydroxylation is 2. The Morgan fingerprint density at radius 2 is 2.00 bits per heavy atom. The number of nitrogens with one attached hydrogen (secondary N) is 1. The maximum Gasteiger partial charge on any atom is 0.281 e. The van der Waals surface area contributed by atoms with Gasteiger partial charge < -0.3 is 14.8 Å². The minimum Gasteiger partial charge on any atom is -0.493 e. The lowest BCUT2D eigenvalue weighted by atomic mass is 10.1. The van der Waals surface area contributed by atoms with E-state index in [2.05, 4.69) is 10.4 Å². The second-order valence-electron chi connectivity index (χ2n) is 7.32. The molecule has 10 heteroatoms. The quantitative estimate of drug-likeness (QED) is 0.382. The Labute approximate surface area is 206 Å². The SMILES string of the molecule is COc1cccc(/C=C2/NC(=S)N(c3cn(C)nc3C)C2=O)c1OCc1ccc(Cl)c(Cl)c1. The van der Waals surface area contributed by atoms with Crippen LogP contribution < -0.4 is 19.7 Å². The molecule has 1 saturated heterocycles. The van der Waals surface area contributed by atoms with Gasteiger partial charge in [-0.25, -0.2) is 4.90 Å². The highest BCUT2D eigenvalue weighted by Gasteiger charge is 2.34. The molecule has 2 heterocycles. The number of hydrogen-bond donors (Lipinski definition) is 1. The van der Waals surface area contributed by atoms with E-state index in [-0.39, 0.29) is 17.6 Å². The number of carbonyl (C=O) groups excluding carboxylic acids is 1. The maximum atomic E-state index is 13.2. The molecule has 0 atom stereocenters. The molecule has 0 spiro atoms. The van der Waals surface area contributed by atoms with Gasteiger partial charge in [0.1, 0.15) is 12.3 Å². The minimum atomic E-state index is -0.283. The first kappa shape index (κ1) is 23.1. The number of benzene rings is 2. The molecule has 1 aliphatic rings. The van der Waals surface area contributed by atoms with Crippen molar-refractivity contribution in [1.29, 1.82) is 0 Å². The second kappa shape index (κ2) is 9.43. The van der Waals surface area contributed by atoms with Crippen molar-refractivity contribution in [3.05, 3.63) is 75.2 Å². The molecule has 33 heavy (non-hydrogen) atoms. The smallest absolute Gasteiger partial charge is 0.281 e. The molecule has 1 fully saturated rings. The zero-order valence-corrected chi connectivity index (χ0v) is 20.4. The van der Waals surface area contributed by atoms with Gasteiger partial charge in [0.2, 0.25) is 0 Å². The van der Waals surface area contributed by atoms with Gasteiger partial charge >= 0.3 is 0 Å². The fourth-order valence-corrected chi connectivity index (χ4v) is 4.07. The summed E-state index contributed by atoms with van der Waals surface area (Å²) < 4.78 is 13.2. The molecule has 1 aliphatic heterocycles. The number of aromatic nitrogens is 2. The third-order valence-electron chi connectivity index (χ3n) is 5.00. The summed E-state index contributed by atoms with van der Waals surface area (Å²) in [6, 6.07) is 10.7. The first-order valence-electron chi connectivity index (χ1n) is 9.89. The zero-order chi connectivity index (χ0) is 23.7. The Morgan fingerprint density at radius 1 is 1.21 bits per heavy atom. The molecule has 0 aliphatic carbocycles. The first-order valence-corrected chi connectivity index (χ1v) is 11.1. The fourth-order valence-electron chi connectivity index (χ4n) is 3.46. The molecule has 1 N–H and O–H groups in total. The molecular formula is C23H20Cl2N4O3S. The number of ether oxygens (including phenoxy) is 2. The van der Waals surface area contributed by atoms with E-state index >= 15 is 0 Å². The highest BCUT2D eigenvalue weighted by molar-refractivity contribution is 7.80. The number of amides is 1. The molecule has 170 valence electrons. The lowest BCUT2D eigenvalue weighted by Gasteiger charge is -2.14. The van der Waals surface area contributed by atoms with E-state index in [1.54, 1.807) is 49.3 Å². The molecule has 0 radical (unpaired) electrons. The number of rotatable bonds is 6. The van der Waals surface area contributed by atoms with E-state index in [0.29, 0.717) is 44.2 Å². The summed E-state index contributed by atoms with van der Waals surface area (Å²) in [5.41, 5.74) is 3.13. The number of carbonyl (C=O) groups is 1. The van der Waals surface area contributed by atoms with Gasteiger partial charge in [0.25, 0.3) is 5.91 Å². The molecule has 1 amide bonds. The van der Waals surface area contributed by atoms with E-state index in [1.807, 2.05) is 25.1 Å². The third-order valence-corrected chi connectivity index (χ3v) is 6.03. The molecule has 4 rings (SSSR count). The normalized spacial score (nSPS) is 14.7. The molecule has 0 saturated carbocycles. The van der Waals surface area contributed by atoms with Crippen LogP contribution in [0.15, 0.2) is 48.3 Å². The zero-order valence-electron chi connectivity index (χ0n) is 18.1. The highest BCUT2D eigenvalue weighted by atomic mass is 35.5. The van der Waals surface area contributed by atoms with E-state index in [4.69, 9.17) is 44.9 Å². The van der Waals surface area contributed by atoms with Crippen molar-refractivity contribution in [2.75, 3.05) is 12.0 Å². The number of para-hydroxylation sites is 1. The van der Waals surface area contributed by atoms with Crippen LogP contribution in [0.5, 0.6) is 11.5 Å². The number of anilines is 1. The van der Waals surface area contributed by atoms with Crippen molar-refractivity contribution in [1.82, 2.24) is 15.1 Å². The summed E-state index contributed by atoms with van der Waals surface area (Å²) in [6.07, 6.45) is 3.44. The van der Waals surface area contributed by atoms with Crippen molar-refractivity contribution in [2.45, 2.75) is 13.5 Å². The lowest BCUT2D eigenvalue weighted by Crippen LogP contribution is -2.30. The standard InChI is InChI=1S/C23H20Cl2N4O3S/c1-13-19(11-28(2)27-13)29-22(30)18(26-23(29)33)10-15-5-4-6-20(31-3)21(15)32-12-14-7-8-16(24)17(25)9-14/h4-11H,12H2,1-3H3,(H,26,33)/b18-10+. The number of methoxy groups -OCH3 is 1. The van der Waals surface area contributed by atoms with Crippen LogP contribution in [-0.2, 0) is 18.4 Å². The number of thiocarbonyl (C=S) groups is 1. The average Bonchev–Trinajstić information content (AvgIpc) is 3.25. The van der Waals surface area contributed by atoms with Crippen molar-refractivity contribution in [3.8, 4) is 11.5 Å². The Morgan fingerprint density at radius 3 is 2.67 bits per heavy atom. The van der Waals surface area contributed by atoms with Gasteiger partial charge in [0, 0.05) is 18.8 Å². The van der Waals surface area contributed by atoms with Crippen LogP contribution in [0, 0.1) is 6.92 Å². The predicted molar refractivity (Wildman–Crippen MR) is 133 cm³/mol. The maximum absolute atomic E-state index is 13.2. The largest absolute Gasteiger partial charge is 0.493 e. The van der Waals surface area contributed by atoms with Gasteiger partial charge in [-0.05, 0) is 49.0 Å². The number of halogens is 2. The molecule has 7 nitrogen and oxygen atoms in total. The van der Waals surface area contributed by atoms with E-state index in [0.717, 1.165) is 5.56 Å². The van der Waals surface area contributed by atoms with Crippen LogP contribution in [0.25, 0.3) is 6.08 Å². The highest BCUT2D eigenvalue weighted by Crippen LogP contribution is 2.35. The van der Waals surface area contributed by atoms with Crippen molar-refractivity contribution in [2.24, 2.45) is 7.05 Å². The topological polar surface area (TPSA) is 68.6 Å². The van der Waals surface area contributed by atoms with Crippen molar-refractivity contribution >= 4 is 58.2 Å². The summed E-state index contributed by atoms with van der Waals surface area (Å²) in [6.45, 7) is 2.05. The van der Waals surface area contributed by atoms with Crippen LogP contribution in [-0.4, -0.2) is 27.9 Å². The molecule has 0 bridgehead atoms. The van der Waals surface area contributed by atoms with Crippen molar-refractivity contribution < 1.29 is 14.3 Å². The number of nitrogens with zero attached hydrogens (tertiary/aromatic N) is 3. The van der Waals surface area contributed by atoms with Crippen LogP contribution in [0.2, 0.25) is 10.0 Å². The van der Waals surface area contributed by atoms with E-state index in [1.165, 1.54) is 4.90 Å². The van der Waals surface area contributed by atoms with E-state index < -0.39 is 0 Å². The second-order valence-corrected chi connectivity index (χ2v) is 8.52. The number of hydrogen-bond acceptors (Lipinski definition) is 5. The van der Waals surface area contributed by atoms with Crippen LogP contribution in [0.1, 0.15) is 16.8 Å². The predicted octanol–water partition coefficient (Wildman–Crippen LogP) is 4.89. The Balaban J connectivity index is 1.65. The van der Waals surface area contributed by atoms with Gasteiger partial charge in [-0.1, -0.05) is 41.4 Å². The fraction of sp³-hybridized carbons (Fsp3) is 0.174. The van der Waals surface area contributed by atoms with Crippen LogP contribution >= 0.6 is 35.4 Å². The summed E-state index contributed by atoms with van der Waals surface area (Å²) in [5.74, 6) is 0.724. The monoisotopic (exact) mass is 502 g/mol. The minimum absolute atomic E-state index is 0.230. The molecular weight excluding hydrogens is 483 g/mol.